The smallest absolute Gasteiger partial charge is 0.326 e. The zero-order valence-corrected chi connectivity index (χ0v) is 17.3. The lowest BCUT2D eigenvalue weighted by atomic mass is 9.87. The molecule has 0 saturated carbocycles. The summed E-state index contributed by atoms with van der Waals surface area (Å²) in [7, 11) is 0. The molecule has 5 nitrogen and oxygen atoms in total. The molecule has 27 heavy (non-hydrogen) atoms. The fraction of sp³-hybridized carbons (Fsp3) is 0.263. The third kappa shape index (κ3) is 3.14. The maximum absolute atomic E-state index is 13.5. The molecule has 0 aromatic heterocycles. The number of rotatable bonds is 3. The average molecular weight is 469 g/mol. The number of carbonyl (C=O) groups excluding carboxylic acids is 2. The van der Waals surface area contributed by atoms with Crippen LogP contribution in [0.4, 0.5) is 10.5 Å². The summed E-state index contributed by atoms with van der Waals surface area (Å²) in [6, 6.07) is 11.8. The molecule has 3 amide bonds. The molecule has 8 heteroatoms. The molecule has 2 aromatic carbocycles. The van der Waals surface area contributed by atoms with Gasteiger partial charge >= 0.3 is 6.03 Å². The van der Waals surface area contributed by atoms with Gasteiger partial charge in [-0.1, -0.05) is 51.3 Å². The molecule has 2 saturated heterocycles. The number of hydrogen-bond donors (Lipinski definition) is 1. The summed E-state index contributed by atoms with van der Waals surface area (Å²) in [6.45, 7) is 0.339. The van der Waals surface area contributed by atoms with Crippen molar-refractivity contribution >= 4 is 56.8 Å². The number of urea groups is 1. The van der Waals surface area contributed by atoms with E-state index in [0.29, 0.717) is 35.1 Å². The Morgan fingerprint density at radius 1 is 1.11 bits per heavy atom. The number of imide groups is 1. The maximum atomic E-state index is 13.5. The minimum absolute atomic E-state index is 0.238. The van der Waals surface area contributed by atoms with Gasteiger partial charge in [0, 0.05) is 33.5 Å². The normalized spacial score (nSPS) is 24.7. The summed E-state index contributed by atoms with van der Waals surface area (Å²) in [4.78, 5) is 29.3. The molecule has 140 valence electrons. The zero-order chi connectivity index (χ0) is 19.3. The highest BCUT2D eigenvalue weighted by Crippen LogP contribution is 2.42. The first kappa shape index (κ1) is 18.7. The molecule has 4 rings (SSSR count). The van der Waals surface area contributed by atoms with Crippen LogP contribution in [-0.4, -0.2) is 35.0 Å². The van der Waals surface area contributed by atoms with Crippen LogP contribution < -0.4 is 10.6 Å². The predicted octanol–water partition coefficient (Wildman–Crippen LogP) is 4.24. The summed E-state index contributed by atoms with van der Waals surface area (Å²) in [5.41, 5.74) is 6.48. The Hall–Kier alpha value is -1.60. The molecule has 2 aromatic rings. The van der Waals surface area contributed by atoms with Crippen molar-refractivity contribution in [3.05, 3.63) is 62.5 Å². The van der Waals surface area contributed by atoms with Gasteiger partial charge in [0.2, 0.25) is 0 Å². The summed E-state index contributed by atoms with van der Waals surface area (Å²) >= 11 is 15.6. The van der Waals surface area contributed by atoms with Crippen molar-refractivity contribution in [1.29, 1.82) is 0 Å². The highest BCUT2D eigenvalue weighted by molar-refractivity contribution is 9.10. The first-order valence-electron chi connectivity index (χ1n) is 8.42. The molecule has 2 aliphatic heterocycles. The van der Waals surface area contributed by atoms with Crippen LogP contribution in [0.3, 0.4) is 0 Å². The van der Waals surface area contributed by atoms with Gasteiger partial charge < -0.3 is 10.6 Å². The molecule has 2 fully saturated rings. The van der Waals surface area contributed by atoms with Crippen molar-refractivity contribution in [3.8, 4) is 0 Å². The number of hydrogen-bond acceptors (Lipinski definition) is 3. The van der Waals surface area contributed by atoms with Crippen LogP contribution in [0.5, 0.6) is 0 Å². The van der Waals surface area contributed by atoms with Crippen molar-refractivity contribution in [2.45, 2.75) is 24.4 Å². The summed E-state index contributed by atoms with van der Waals surface area (Å²) in [6.07, 6.45) is 0.821. The molecule has 2 atom stereocenters. The minimum atomic E-state index is -0.987. The molecule has 2 aliphatic rings. The lowest BCUT2D eigenvalue weighted by molar-refractivity contribution is -0.124. The quantitative estimate of drug-likeness (QED) is 0.685. The second-order valence-corrected chi connectivity index (χ2v) is 8.75. The Kier molecular flexibility index (Phi) is 4.71. The van der Waals surface area contributed by atoms with Gasteiger partial charge in [0.05, 0.1) is 5.69 Å². The van der Waals surface area contributed by atoms with Gasteiger partial charge in [-0.25, -0.2) is 9.69 Å². The Morgan fingerprint density at radius 3 is 2.37 bits per heavy atom. The van der Waals surface area contributed by atoms with Gasteiger partial charge in [-0.3, -0.25) is 4.79 Å². The number of carbonyl (C=O) groups is 2. The summed E-state index contributed by atoms with van der Waals surface area (Å²) in [5.74, 6) is -0.290. The van der Waals surface area contributed by atoms with E-state index >= 15 is 0 Å². The lowest BCUT2D eigenvalue weighted by Crippen LogP contribution is -2.47. The first-order chi connectivity index (χ1) is 12.8. The predicted molar refractivity (Wildman–Crippen MR) is 109 cm³/mol. The Labute approximate surface area is 175 Å². The number of anilines is 1. The molecule has 2 heterocycles. The van der Waals surface area contributed by atoms with Gasteiger partial charge in [0.1, 0.15) is 5.54 Å². The molecule has 0 unspecified atom stereocenters. The van der Waals surface area contributed by atoms with Crippen molar-refractivity contribution in [2.24, 2.45) is 5.73 Å². The Bertz CT molecular complexity index is 917. The van der Waals surface area contributed by atoms with Crippen LogP contribution in [-0.2, 0) is 11.2 Å². The van der Waals surface area contributed by atoms with E-state index in [1.165, 1.54) is 4.90 Å². The van der Waals surface area contributed by atoms with Crippen molar-refractivity contribution in [3.63, 3.8) is 0 Å². The molecular formula is C19H16BrCl2N3O2. The van der Waals surface area contributed by atoms with E-state index in [1.807, 2.05) is 24.3 Å². The maximum Gasteiger partial charge on any atom is 0.332 e. The van der Waals surface area contributed by atoms with Crippen molar-refractivity contribution < 1.29 is 9.59 Å². The number of nitrogens with two attached hydrogens (primary N) is 1. The van der Waals surface area contributed by atoms with Gasteiger partial charge in [0.25, 0.3) is 5.91 Å². The third-order valence-corrected chi connectivity index (χ3v) is 6.04. The average Bonchev–Trinajstić information content (AvgIpc) is 3.01. The second kappa shape index (κ2) is 6.78. The summed E-state index contributed by atoms with van der Waals surface area (Å²) in [5, 5.41) is 0.729. The second-order valence-electron chi connectivity index (χ2n) is 6.96. The van der Waals surface area contributed by atoms with Crippen molar-refractivity contribution in [2.75, 3.05) is 11.4 Å². The number of benzene rings is 2. The highest BCUT2D eigenvalue weighted by Gasteiger charge is 2.61. The molecule has 0 aliphatic carbocycles. The fourth-order valence-electron chi connectivity index (χ4n) is 3.98. The monoisotopic (exact) mass is 467 g/mol. The number of nitrogens with zero attached hydrogens (tertiary/aromatic N) is 2. The van der Waals surface area contributed by atoms with Gasteiger partial charge in [-0.2, -0.15) is 0 Å². The van der Waals surface area contributed by atoms with E-state index in [1.54, 1.807) is 23.1 Å². The lowest BCUT2D eigenvalue weighted by Gasteiger charge is -2.28. The number of halogens is 3. The molecule has 2 N–H and O–H groups in total. The van der Waals surface area contributed by atoms with E-state index in [2.05, 4.69) is 15.9 Å². The van der Waals surface area contributed by atoms with Gasteiger partial charge in [-0.05, 0) is 42.3 Å². The van der Waals surface area contributed by atoms with E-state index < -0.39 is 5.54 Å². The Morgan fingerprint density at radius 2 is 1.74 bits per heavy atom. The van der Waals surface area contributed by atoms with E-state index in [4.69, 9.17) is 28.9 Å². The number of amides is 3. The topological polar surface area (TPSA) is 66.6 Å². The van der Waals surface area contributed by atoms with E-state index in [-0.39, 0.29) is 18.0 Å². The standard InChI is InChI=1S/C19H16BrCl2N3O2/c20-12-3-1-11(2-4-12)8-19-9-15(23)10-24(19)18(27)25(17(19)26)16-6-13(21)5-14(22)7-16/h1-7,15H,8-10,23H2/t15-,19-/m1/s1. The summed E-state index contributed by atoms with van der Waals surface area (Å²) < 4.78 is 0.952. The van der Waals surface area contributed by atoms with E-state index in [0.717, 1.165) is 10.0 Å². The third-order valence-electron chi connectivity index (χ3n) is 5.07. The van der Waals surface area contributed by atoms with Crippen LogP contribution in [0.15, 0.2) is 46.9 Å². The molecule has 0 bridgehead atoms. The van der Waals surface area contributed by atoms with Crippen LogP contribution >= 0.6 is 39.1 Å². The van der Waals surface area contributed by atoms with Gasteiger partial charge in [-0.15, -0.1) is 0 Å². The molecule has 0 spiro atoms. The van der Waals surface area contributed by atoms with Gasteiger partial charge in [0.15, 0.2) is 0 Å². The van der Waals surface area contributed by atoms with Crippen LogP contribution in [0.2, 0.25) is 10.0 Å². The molecular weight excluding hydrogens is 453 g/mol. The zero-order valence-electron chi connectivity index (χ0n) is 14.2. The Balaban J connectivity index is 1.76. The largest absolute Gasteiger partial charge is 0.332 e. The van der Waals surface area contributed by atoms with Crippen LogP contribution in [0.25, 0.3) is 0 Å². The molecule has 0 radical (unpaired) electrons. The number of fused-ring (bicyclic) bond motifs is 1. The van der Waals surface area contributed by atoms with Crippen molar-refractivity contribution in [1.82, 2.24) is 4.90 Å². The highest BCUT2D eigenvalue weighted by atomic mass is 79.9. The van der Waals surface area contributed by atoms with Crippen LogP contribution in [0.1, 0.15) is 12.0 Å². The first-order valence-corrected chi connectivity index (χ1v) is 9.97. The van der Waals surface area contributed by atoms with Crippen LogP contribution in [0, 0.1) is 0 Å². The minimum Gasteiger partial charge on any atom is -0.326 e. The fourth-order valence-corrected chi connectivity index (χ4v) is 4.76. The van der Waals surface area contributed by atoms with E-state index in [9.17, 15) is 9.59 Å². The SMILES string of the molecule is N[C@H]1CN2C(=O)N(c3cc(Cl)cc(Cl)c3)C(=O)[C@@]2(Cc2ccc(Br)cc2)C1.